The summed E-state index contributed by atoms with van der Waals surface area (Å²) in [7, 11) is 0. The van der Waals surface area contributed by atoms with Gasteiger partial charge in [-0.3, -0.25) is 5.01 Å². The molecule has 122 valence electrons. The highest BCUT2D eigenvalue weighted by Crippen LogP contribution is 2.22. The number of benzene rings is 1. The lowest BCUT2D eigenvalue weighted by Gasteiger charge is -2.36. The first kappa shape index (κ1) is 16.9. The van der Waals surface area contributed by atoms with E-state index in [0.717, 1.165) is 24.3 Å². The molecule has 2 atom stereocenters. The van der Waals surface area contributed by atoms with Gasteiger partial charge < -0.3 is 4.74 Å². The molecule has 1 fully saturated rings. The summed E-state index contributed by atoms with van der Waals surface area (Å²) in [5.41, 5.74) is 1.13. The van der Waals surface area contributed by atoms with E-state index < -0.39 is 0 Å². The van der Waals surface area contributed by atoms with E-state index in [1.165, 1.54) is 19.3 Å². The summed E-state index contributed by atoms with van der Waals surface area (Å²) in [4.78, 5) is 0. The fourth-order valence-corrected chi connectivity index (χ4v) is 2.83. The van der Waals surface area contributed by atoms with E-state index in [1.807, 2.05) is 18.3 Å². The molecule has 0 N–H and O–H groups in total. The maximum Gasteiger partial charge on any atom is 0.119 e. The van der Waals surface area contributed by atoms with Crippen LogP contribution in [0.15, 0.2) is 29.4 Å². The van der Waals surface area contributed by atoms with Gasteiger partial charge in [0.15, 0.2) is 0 Å². The lowest BCUT2D eigenvalue weighted by molar-refractivity contribution is 0.109. The first-order valence-corrected chi connectivity index (χ1v) is 8.61. The number of hydrazone groups is 1. The highest BCUT2D eigenvalue weighted by atomic mass is 16.5. The molecule has 1 aromatic rings. The molecule has 3 nitrogen and oxygen atoms in total. The van der Waals surface area contributed by atoms with E-state index in [-0.39, 0.29) is 0 Å². The molecule has 0 spiro atoms. The summed E-state index contributed by atoms with van der Waals surface area (Å²) < 4.78 is 5.75. The van der Waals surface area contributed by atoms with Crippen LogP contribution in [-0.2, 0) is 0 Å². The van der Waals surface area contributed by atoms with Gasteiger partial charge in [0.2, 0.25) is 0 Å². The average molecular weight is 302 g/mol. The van der Waals surface area contributed by atoms with Crippen LogP contribution in [0.25, 0.3) is 0 Å². The van der Waals surface area contributed by atoms with Crippen molar-refractivity contribution in [3.63, 3.8) is 0 Å². The molecule has 1 aromatic carbocycles. The van der Waals surface area contributed by atoms with Crippen molar-refractivity contribution in [3.05, 3.63) is 29.8 Å². The molecule has 0 aliphatic carbocycles. The van der Waals surface area contributed by atoms with Crippen molar-refractivity contribution in [2.75, 3.05) is 6.61 Å². The summed E-state index contributed by atoms with van der Waals surface area (Å²) in [6.07, 6.45) is 6.86. The van der Waals surface area contributed by atoms with E-state index in [1.54, 1.807) is 0 Å². The van der Waals surface area contributed by atoms with Crippen molar-refractivity contribution in [1.82, 2.24) is 5.01 Å². The average Bonchev–Trinajstić information content (AvgIpc) is 2.48. The SMILES string of the molecule is CC(C)CCOc1ccc(C=NN2C(C)CCCC2C)cc1. The Morgan fingerprint density at radius 3 is 2.41 bits per heavy atom. The molecule has 2 rings (SSSR count). The molecule has 0 aromatic heterocycles. The minimum Gasteiger partial charge on any atom is -0.494 e. The molecular weight excluding hydrogens is 272 g/mol. The molecule has 1 heterocycles. The van der Waals surface area contributed by atoms with Crippen molar-refractivity contribution in [3.8, 4) is 5.75 Å². The highest BCUT2D eigenvalue weighted by Gasteiger charge is 2.22. The Bertz CT molecular complexity index is 457. The van der Waals surface area contributed by atoms with Crippen molar-refractivity contribution < 1.29 is 4.74 Å². The number of ether oxygens (including phenoxy) is 1. The Labute approximate surface area is 135 Å². The third kappa shape index (κ3) is 5.04. The standard InChI is InChI=1S/C19H30N2O/c1-15(2)12-13-22-19-10-8-18(9-11-19)14-20-21-16(3)6-5-7-17(21)4/h8-11,14-17H,5-7,12-13H2,1-4H3. The van der Waals surface area contributed by atoms with Gasteiger partial charge in [-0.2, -0.15) is 5.10 Å². The van der Waals surface area contributed by atoms with E-state index in [0.29, 0.717) is 18.0 Å². The van der Waals surface area contributed by atoms with Gasteiger partial charge in [-0.1, -0.05) is 13.8 Å². The van der Waals surface area contributed by atoms with Crippen LogP contribution >= 0.6 is 0 Å². The van der Waals surface area contributed by atoms with Crippen LogP contribution in [0.1, 0.15) is 58.9 Å². The van der Waals surface area contributed by atoms with Crippen LogP contribution in [-0.4, -0.2) is 29.9 Å². The second-order valence-corrected chi connectivity index (χ2v) is 6.85. The first-order chi connectivity index (χ1) is 10.6. The lowest BCUT2D eigenvalue weighted by atomic mass is 10.00. The minimum absolute atomic E-state index is 0.540. The lowest BCUT2D eigenvalue weighted by Crippen LogP contribution is -2.39. The maximum atomic E-state index is 5.75. The van der Waals surface area contributed by atoms with Crippen molar-refractivity contribution in [2.24, 2.45) is 11.0 Å². The molecule has 1 aliphatic heterocycles. The predicted octanol–water partition coefficient (Wildman–Crippen LogP) is 4.71. The highest BCUT2D eigenvalue weighted by molar-refractivity contribution is 5.79. The molecule has 2 unspecified atom stereocenters. The summed E-state index contributed by atoms with van der Waals surface area (Å²) in [6, 6.07) is 9.30. The molecule has 0 bridgehead atoms. The fourth-order valence-electron chi connectivity index (χ4n) is 2.83. The Hall–Kier alpha value is -1.51. The topological polar surface area (TPSA) is 24.8 Å². The fraction of sp³-hybridized carbons (Fsp3) is 0.632. The van der Waals surface area contributed by atoms with Crippen molar-refractivity contribution in [1.29, 1.82) is 0 Å². The number of hydrogen-bond donors (Lipinski definition) is 0. The third-order valence-electron chi connectivity index (χ3n) is 4.33. The van der Waals surface area contributed by atoms with Crippen LogP contribution in [0.2, 0.25) is 0 Å². The summed E-state index contributed by atoms with van der Waals surface area (Å²) in [5.74, 6) is 1.62. The molecular formula is C19H30N2O. The van der Waals surface area contributed by atoms with E-state index in [2.05, 4.69) is 44.8 Å². The molecule has 0 amide bonds. The molecule has 1 aliphatic rings. The molecule has 3 heteroatoms. The predicted molar refractivity (Wildman–Crippen MR) is 93.6 cm³/mol. The van der Waals surface area contributed by atoms with Gasteiger partial charge in [0, 0.05) is 12.1 Å². The monoisotopic (exact) mass is 302 g/mol. The smallest absolute Gasteiger partial charge is 0.119 e. The second kappa shape index (κ2) is 8.21. The minimum atomic E-state index is 0.540. The van der Waals surface area contributed by atoms with E-state index in [9.17, 15) is 0 Å². The zero-order valence-electron chi connectivity index (χ0n) is 14.5. The summed E-state index contributed by atoms with van der Waals surface area (Å²) in [5, 5.41) is 6.94. The van der Waals surface area contributed by atoms with Gasteiger partial charge in [-0.15, -0.1) is 0 Å². The number of rotatable bonds is 6. The van der Waals surface area contributed by atoms with Crippen molar-refractivity contribution in [2.45, 2.75) is 65.5 Å². The Morgan fingerprint density at radius 2 is 1.82 bits per heavy atom. The van der Waals surface area contributed by atoms with Crippen LogP contribution in [0.3, 0.4) is 0 Å². The van der Waals surface area contributed by atoms with Crippen LogP contribution < -0.4 is 4.74 Å². The zero-order chi connectivity index (χ0) is 15.9. The molecule has 1 saturated heterocycles. The van der Waals surface area contributed by atoms with Crippen LogP contribution in [0.5, 0.6) is 5.75 Å². The van der Waals surface area contributed by atoms with E-state index in [4.69, 9.17) is 9.84 Å². The molecule has 22 heavy (non-hydrogen) atoms. The Balaban J connectivity index is 1.88. The van der Waals surface area contributed by atoms with Gasteiger partial charge in [0.1, 0.15) is 5.75 Å². The van der Waals surface area contributed by atoms with Crippen LogP contribution in [0, 0.1) is 5.92 Å². The van der Waals surface area contributed by atoms with Gasteiger partial charge in [0.05, 0.1) is 12.8 Å². The normalized spacial score (nSPS) is 22.5. The zero-order valence-corrected chi connectivity index (χ0v) is 14.5. The van der Waals surface area contributed by atoms with Crippen LogP contribution in [0.4, 0.5) is 0 Å². The summed E-state index contributed by atoms with van der Waals surface area (Å²) in [6.45, 7) is 9.74. The Kier molecular flexibility index (Phi) is 6.29. The third-order valence-corrected chi connectivity index (χ3v) is 4.33. The molecule has 0 radical (unpaired) electrons. The van der Waals surface area contributed by atoms with Gasteiger partial charge >= 0.3 is 0 Å². The van der Waals surface area contributed by atoms with Gasteiger partial charge in [-0.05, 0) is 75.3 Å². The van der Waals surface area contributed by atoms with Gasteiger partial charge in [0.25, 0.3) is 0 Å². The number of piperidine rings is 1. The Morgan fingerprint density at radius 1 is 1.18 bits per heavy atom. The number of hydrogen-bond acceptors (Lipinski definition) is 3. The largest absolute Gasteiger partial charge is 0.494 e. The summed E-state index contributed by atoms with van der Waals surface area (Å²) >= 11 is 0. The quantitative estimate of drug-likeness (QED) is 0.711. The molecule has 0 saturated carbocycles. The maximum absolute atomic E-state index is 5.75. The van der Waals surface area contributed by atoms with E-state index >= 15 is 0 Å². The second-order valence-electron chi connectivity index (χ2n) is 6.85. The number of nitrogens with zero attached hydrogens (tertiary/aromatic N) is 2. The van der Waals surface area contributed by atoms with Crippen molar-refractivity contribution >= 4 is 6.21 Å². The first-order valence-electron chi connectivity index (χ1n) is 8.61. The van der Waals surface area contributed by atoms with Gasteiger partial charge in [-0.25, -0.2) is 0 Å².